The zero-order valence-corrected chi connectivity index (χ0v) is 12.5. The van der Waals surface area contributed by atoms with Crippen LogP contribution in [0.3, 0.4) is 0 Å². The van der Waals surface area contributed by atoms with Crippen molar-refractivity contribution >= 4 is 16.0 Å². The minimum atomic E-state index is -5.79. The first-order valence-electron chi connectivity index (χ1n) is 6.09. The number of halogens is 5. The maximum absolute atomic E-state index is 12.6. The molecule has 0 aromatic heterocycles. The lowest BCUT2D eigenvalue weighted by Crippen LogP contribution is -2.40. The lowest BCUT2D eigenvalue weighted by molar-refractivity contribution is -0.282. The number of nitrogens with one attached hydrogen (secondary N) is 1. The normalized spacial score (nSPS) is 13.6. The Morgan fingerprint density at radius 2 is 1.77 bits per heavy atom. The summed E-state index contributed by atoms with van der Waals surface area (Å²) in [5.74, 6) is -7.49. The van der Waals surface area contributed by atoms with Crippen molar-refractivity contribution < 1.29 is 40.3 Å². The van der Waals surface area contributed by atoms with Crippen LogP contribution >= 0.6 is 0 Å². The average molecular weight is 356 g/mol. The highest BCUT2D eigenvalue weighted by atomic mass is 32.2. The smallest absolute Gasteiger partial charge is 0.453 e. The van der Waals surface area contributed by atoms with Gasteiger partial charge in [0.1, 0.15) is 0 Å². The molecular formula is C10H17F5N2O4S. The zero-order valence-electron chi connectivity index (χ0n) is 11.7. The summed E-state index contributed by atoms with van der Waals surface area (Å²) in [6, 6.07) is 0. The van der Waals surface area contributed by atoms with E-state index in [1.807, 2.05) is 4.72 Å². The highest BCUT2D eigenvalue weighted by Gasteiger charge is 2.57. The molecule has 6 nitrogen and oxygen atoms in total. The Morgan fingerprint density at radius 3 is 2.23 bits per heavy atom. The number of alkyl halides is 5. The van der Waals surface area contributed by atoms with Crippen LogP contribution in [0, 0.1) is 0 Å². The summed E-state index contributed by atoms with van der Waals surface area (Å²) < 4.78 is 85.4. The molecule has 2 N–H and O–H groups in total. The summed E-state index contributed by atoms with van der Waals surface area (Å²) in [6.45, 7) is -0.234. The van der Waals surface area contributed by atoms with E-state index in [2.05, 4.69) is 0 Å². The molecule has 0 spiro atoms. The largest absolute Gasteiger partial charge is 0.480 e. The Morgan fingerprint density at radius 1 is 1.23 bits per heavy atom. The first-order valence-corrected chi connectivity index (χ1v) is 7.74. The van der Waals surface area contributed by atoms with Gasteiger partial charge in [0.2, 0.25) is 10.0 Å². The van der Waals surface area contributed by atoms with Crippen LogP contribution in [0.5, 0.6) is 0 Å². The fourth-order valence-corrected chi connectivity index (χ4v) is 2.49. The van der Waals surface area contributed by atoms with Crippen molar-refractivity contribution in [3.8, 4) is 0 Å². The van der Waals surface area contributed by atoms with Gasteiger partial charge in [-0.15, -0.1) is 0 Å². The fraction of sp³-hybridized carbons (Fsp3) is 0.900. The molecule has 0 aliphatic carbocycles. The van der Waals surface area contributed by atoms with Crippen molar-refractivity contribution in [2.75, 3.05) is 32.4 Å². The van der Waals surface area contributed by atoms with Crippen LogP contribution in [0.2, 0.25) is 0 Å². The summed E-state index contributed by atoms with van der Waals surface area (Å²) in [5.41, 5.74) is 0. The van der Waals surface area contributed by atoms with Gasteiger partial charge in [-0.25, -0.2) is 13.1 Å². The Balaban J connectivity index is 4.14. The molecule has 0 atom stereocenters. The predicted octanol–water partition coefficient (Wildman–Crippen LogP) is 0.900. The molecule has 132 valence electrons. The molecule has 0 aliphatic rings. The van der Waals surface area contributed by atoms with Crippen LogP contribution in [-0.4, -0.2) is 68.9 Å². The number of aliphatic carboxylic acids is 1. The molecule has 0 aromatic carbocycles. The lowest BCUT2D eigenvalue weighted by atomic mass is 10.2. The van der Waals surface area contributed by atoms with E-state index in [4.69, 9.17) is 5.11 Å². The van der Waals surface area contributed by atoms with Crippen molar-refractivity contribution in [3.05, 3.63) is 0 Å². The Kier molecular flexibility index (Phi) is 7.65. The zero-order chi connectivity index (χ0) is 17.6. The summed E-state index contributed by atoms with van der Waals surface area (Å²) >= 11 is 0. The van der Waals surface area contributed by atoms with E-state index in [9.17, 15) is 35.2 Å². The lowest BCUT2D eigenvalue weighted by Gasteiger charge is -2.19. The molecule has 0 unspecified atom stereocenters. The van der Waals surface area contributed by atoms with Crippen molar-refractivity contribution in [1.82, 2.24) is 9.62 Å². The second kappa shape index (κ2) is 8.02. The van der Waals surface area contributed by atoms with E-state index in [0.717, 1.165) is 0 Å². The highest BCUT2D eigenvalue weighted by Crippen LogP contribution is 2.38. The predicted molar refractivity (Wildman–Crippen MR) is 67.2 cm³/mol. The fourth-order valence-electron chi connectivity index (χ4n) is 1.36. The molecule has 0 rings (SSSR count). The van der Waals surface area contributed by atoms with Crippen LogP contribution in [0.4, 0.5) is 22.0 Å². The van der Waals surface area contributed by atoms with E-state index < -0.39 is 40.3 Å². The quantitative estimate of drug-likeness (QED) is 0.449. The molecule has 0 aromatic rings. The molecule has 0 amide bonds. The van der Waals surface area contributed by atoms with Gasteiger partial charge < -0.3 is 5.11 Å². The van der Waals surface area contributed by atoms with Crippen LogP contribution in [0.15, 0.2) is 0 Å². The monoisotopic (exact) mass is 356 g/mol. The highest BCUT2D eigenvalue weighted by molar-refractivity contribution is 7.89. The van der Waals surface area contributed by atoms with Crippen LogP contribution in [-0.2, 0) is 14.8 Å². The molecule has 0 saturated heterocycles. The Hall–Kier alpha value is -1.01. The minimum Gasteiger partial charge on any atom is -0.480 e. The van der Waals surface area contributed by atoms with Gasteiger partial charge in [0.15, 0.2) is 0 Å². The number of carbonyl (C=O) groups is 1. The number of hydrogen-bond acceptors (Lipinski definition) is 4. The van der Waals surface area contributed by atoms with Crippen molar-refractivity contribution in [1.29, 1.82) is 0 Å². The Bertz CT molecular complexity index is 466. The second-order valence-electron chi connectivity index (χ2n) is 4.65. The van der Waals surface area contributed by atoms with Crippen LogP contribution in [0.1, 0.15) is 12.8 Å². The van der Waals surface area contributed by atoms with E-state index in [1.165, 1.54) is 11.9 Å². The topological polar surface area (TPSA) is 86.7 Å². The van der Waals surface area contributed by atoms with Gasteiger partial charge in [0, 0.05) is 13.0 Å². The van der Waals surface area contributed by atoms with Crippen LogP contribution in [0.25, 0.3) is 0 Å². The van der Waals surface area contributed by atoms with Crippen molar-refractivity contribution in [3.63, 3.8) is 0 Å². The van der Waals surface area contributed by atoms with Crippen molar-refractivity contribution in [2.24, 2.45) is 0 Å². The number of rotatable bonds is 10. The van der Waals surface area contributed by atoms with E-state index in [-0.39, 0.29) is 26.1 Å². The van der Waals surface area contributed by atoms with Crippen LogP contribution < -0.4 is 4.72 Å². The van der Waals surface area contributed by atoms with Gasteiger partial charge in [-0.1, -0.05) is 0 Å². The number of likely N-dealkylation sites (N-methyl/N-ethyl adjacent to an activating group) is 1. The molecular weight excluding hydrogens is 339 g/mol. The van der Waals surface area contributed by atoms with Crippen molar-refractivity contribution in [2.45, 2.75) is 24.9 Å². The number of carboxylic acid groups (broad SMARTS) is 1. The number of nitrogens with zero attached hydrogens (tertiary/aromatic N) is 1. The molecule has 0 heterocycles. The van der Waals surface area contributed by atoms with E-state index in [1.54, 1.807) is 0 Å². The third kappa shape index (κ3) is 8.44. The first-order chi connectivity index (χ1) is 9.77. The maximum Gasteiger partial charge on any atom is 0.453 e. The average Bonchev–Trinajstić information content (AvgIpc) is 2.30. The van der Waals surface area contributed by atoms with Gasteiger partial charge in [-0.2, -0.15) is 22.0 Å². The standard InChI is InChI=1S/C10H17F5N2O4S/c1-17(7-8(18)19)5-2-4-16-22(20,21)6-3-9(11,12)10(13,14)15/h16H,2-7H2,1H3,(H,18,19). The molecule has 0 saturated carbocycles. The Labute approximate surface area is 124 Å². The van der Waals surface area contributed by atoms with E-state index in [0.29, 0.717) is 0 Å². The number of hydrogen-bond donors (Lipinski definition) is 2. The molecule has 0 radical (unpaired) electrons. The first kappa shape index (κ1) is 21.0. The SMILES string of the molecule is CN(CCCNS(=O)(=O)CCC(F)(F)C(F)(F)F)CC(=O)O. The molecule has 0 fully saturated rings. The molecule has 0 aliphatic heterocycles. The van der Waals surface area contributed by atoms with E-state index >= 15 is 0 Å². The van der Waals surface area contributed by atoms with Gasteiger partial charge in [0.25, 0.3) is 0 Å². The second-order valence-corrected chi connectivity index (χ2v) is 6.58. The summed E-state index contributed by atoms with van der Waals surface area (Å²) in [6.07, 6.45) is -7.47. The number of sulfonamides is 1. The summed E-state index contributed by atoms with van der Waals surface area (Å²) in [5, 5.41) is 8.47. The minimum absolute atomic E-state index is 0.179. The number of carboxylic acids is 1. The summed E-state index contributed by atoms with van der Waals surface area (Å²) in [4.78, 5) is 11.7. The van der Waals surface area contributed by atoms with Gasteiger partial charge in [-0.05, 0) is 20.0 Å². The maximum atomic E-state index is 12.6. The molecule has 12 heteroatoms. The van der Waals surface area contributed by atoms with Gasteiger partial charge in [0.05, 0.1) is 12.3 Å². The molecule has 0 bridgehead atoms. The third-order valence-electron chi connectivity index (χ3n) is 2.54. The van der Waals surface area contributed by atoms with Gasteiger partial charge in [-0.3, -0.25) is 9.69 Å². The van der Waals surface area contributed by atoms with Gasteiger partial charge >= 0.3 is 18.1 Å². The molecule has 22 heavy (non-hydrogen) atoms. The third-order valence-corrected chi connectivity index (χ3v) is 3.93. The summed E-state index contributed by atoms with van der Waals surface area (Å²) in [7, 11) is -2.78.